The molecule has 0 amide bonds. The maximum absolute atomic E-state index is 12.3. The zero-order valence-corrected chi connectivity index (χ0v) is 12.3. The number of carboxylic acid groups (broad SMARTS) is 1. The van der Waals surface area contributed by atoms with Crippen molar-refractivity contribution in [1.82, 2.24) is 4.31 Å². The third-order valence-electron chi connectivity index (χ3n) is 4.26. The summed E-state index contributed by atoms with van der Waals surface area (Å²) in [6.07, 6.45) is 4.54. The van der Waals surface area contributed by atoms with E-state index in [2.05, 4.69) is 0 Å². The highest BCUT2D eigenvalue weighted by atomic mass is 32.2. The van der Waals surface area contributed by atoms with Crippen LogP contribution >= 0.6 is 0 Å². The summed E-state index contributed by atoms with van der Waals surface area (Å²) in [5.74, 6) is -0.340. The zero-order valence-electron chi connectivity index (χ0n) is 11.5. The molecule has 0 bridgehead atoms. The van der Waals surface area contributed by atoms with E-state index in [1.54, 1.807) is 0 Å². The summed E-state index contributed by atoms with van der Waals surface area (Å²) in [6, 6.07) is 0. The lowest BCUT2D eigenvalue weighted by molar-refractivity contribution is -0.151. The minimum absolute atomic E-state index is 0.158. The van der Waals surface area contributed by atoms with Crippen LogP contribution < -0.4 is 0 Å². The van der Waals surface area contributed by atoms with Crippen molar-refractivity contribution in [2.45, 2.75) is 45.4 Å². The van der Waals surface area contributed by atoms with Crippen LogP contribution in [0.25, 0.3) is 0 Å². The predicted molar refractivity (Wildman–Crippen MR) is 72.3 cm³/mol. The van der Waals surface area contributed by atoms with E-state index in [9.17, 15) is 18.3 Å². The van der Waals surface area contributed by atoms with Crippen molar-refractivity contribution in [2.24, 2.45) is 11.3 Å². The average molecular weight is 289 g/mol. The Bertz CT molecular complexity index is 440. The number of sulfonamides is 1. The molecular weight excluding hydrogens is 266 g/mol. The molecule has 0 aromatic carbocycles. The number of nitrogens with zero attached hydrogens (tertiary/aromatic N) is 1. The van der Waals surface area contributed by atoms with Crippen molar-refractivity contribution in [2.75, 3.05) is 18.8 Å². The molecule has 1 saturated heterocycles. The normalized spacial score (nSPS) is 29.3. The van der Waals surface area contributed by atoms with Gasteiger partial charge < -0.3 is 5.11 Å². The van der Waals surface area contributed by atoms with Crippen molar-refractivity contribution >= 4 is 16.0 Å². The second-order valence-corrected chi connectivity index (χ2v) is 8.01. The molecule has 2 rings (SSSR count). The minimum atomic E-state index is -3.27. The minimum Gasteiger partial charge on any atom is -0.481 e. The van der Waals surface area contributed by atoms with Crippen molar-refractivity contribution in [3.8, 4) is 0 Å². The Morgan fingerprint density at radius 2 is 2.11 bits per heavy atom. The lowest BCUT2D eigenvalue weighted by Gasteiger charge is -2.39. The van der Waals surface area contributed by atoms with Crippen LogP contribution in [0.5, 0.6) is 0 Å². The summed E-state index contributed by atoms with van der Waals surface area (Å²) < 4.78 is 26.0. The van der Waals surface area contributed by atoms with Gasteiger partial charge in [-0.05, 0) is 38.0 Å². The van der Waals surface area contributed by atoms with Gasteiger partial charge in [-0.3, -0.25) is 4.79 Å². The highest BCUT2D eigenvalue weighted by Gasteiger charge is 2.45. The summed E-state index contributed by atoms with van der Waals surface area (Å²) in [4.78, 5) is 11.6. The van der Waals surface area contributed by atoms with Crippen molar-refractivity contribution in [3.63, 3.8) is 0 Å². The van der Waals surface area contributed by atoms with Crippen molar-refractivity contribution < 1.29 is 18.3 Å². The molecular formula is C13H23NO4S. The van der Waals surface area contributed by atoms with Gasteiger partial charge in [-0.2, -0.15) is 0 Å². The summed E-state index contributed by atoms with van der Waals surface area (Å²) in [7, 11) is -3.27. The van der Waals surface area contributed by atoms with E-state index in [0.29, 0.717) is 31.7 Å². The van der Waals surface area contributed by atoms with E-state index in [1.807, 2.05) is 6.92 Å². The first-order chi connectivity index (χ1) is 8.89. The van der Waals surface area contributed by atoms with Gasteiger partial charge in [-0.15, -0.1) is 0 Å². The second kappa shape index (κ2) is 5.40. The number of hydrogen-bond donors (Lipinski definition) is 1. The zero-order chi connectivity index (χ0) is 14.1. The molecule has 110 valence electrons. The van der Waals surface area contributed by atoms with Gasteiger partial charge in [-0.25, -0.2) is 12.7 Å². The Morgan fingerprint density at radius 3 is 2.63 bits per heavy atom. The summed E-state index contributed by atoms with van der Waals surface area (Å²) in [5.41, 5.74) is -0.871. The molecule has 2 aliphatic rings. The summed E-state index contributed by atoms with van der Waals surface area (Å²) in [5, 5.41) is 9.48. The smallest absolute Gasteiger partial charge is 0.310 e. The first-order valence-corrected chi connectivity index (χ1v) is 8.72. The van der Waals surface area contributed by atoms with Gasteiger partial charge in [0.2, 0.25) is 10.0 Å². The summed E-state index contributed by atoms with van der Waals surface area (Å²) >= 11 is 0. The van der Waals surface area contributed by atoms with Crippen LogP contribution in [0.3, 0.4) is 0 Å². The van der Waals surface area contributed by atoms with Crippen LogP contribution in [0.15, 0.2) is 0 Å². The van der Waals surface area contributed by atoms with Gasteiger partial charge >= 0.3 is 5.97 Å². The molecule has 1 aliphatic heterocycles. The van der Waals surface area contributed by atoms with Crippen LogP contribution in [0.2, 0.25) is 0 Å². The number of aliphatic carboxylic acids is 1. The Balaban J connectivity index is 2.12. The van der Waals surface area contributed by atoms with E-state index in [0.717, 1.165) is 19.3 Å². The molecule has 1 N–H and O–H groups in total. The first kappa shape index (κ1) is 14.8. The third-order valence-corrected chi connectivity index (χ3v) is 6.25. The number of carboxylic acids is 1. The van der Waals surface area contributed by atoms with Crippen LogP contribution in [0, 0.1) is 11.3 Å². The molecule has 1 heterocycles. The van der Waals surface area contributed by atoms with Crippen molar-refractivity contribution in [1.29, 1.82) is 0 Å². The van der Waals surface area contributed by atoms with Crippen molar-refractivity contribution in [3.05, 3.63) is 0 Å². The van der Waals surface area contributed by atoms with E-state index < -0.39 is 21.4 Å². The van der Waals surface area contributed by atoms with Gasteiger partial charge in [0.15, 0.2) is 0 Å². The topological polar surface area (TPSA) is 74.7 Å². The molecule has 1 atom stereocenters. The van der Waals surface area contributed by atoms with Gasteiger partial charge in [0.25, 0.3) is 0 Å². The van der Waals surface area contributed by atoms with E-state index in [4.69, 9.17) is 0 Å². The molecule has 5 nitrogen and oxygen atoms in total. The van der Waals surface area contributed by atoms with Crippen LogP contribution in [0.1, 0.15) is 45.4 Å². The summed E-state index contributed by atoms with van der Waals surface area (Å²) in [6.45, 7) is 2.58. The van der Waals surface area contributed by atoms with Gasteiger partial charge in [0.1, 0.15) is 0 Å². The molecule has 6 heteroatoms. The maximum atomic E-state index is 12.3. The standard InChI is InChI=1S/C13H23NO4S/c1-2-6-13(12(15)16)7-3-8-14(10-13)19(17,18)9-11-4-5-11/h11H,2-10H2,1H3,(H,15,16). The quantitative estimate of drug-likeness (QED) is 0.807. The van der Waals surface area contributed by atoms with Crippen LogP contribution in [-0.4, -0.2) is 42.6 Å². The van der Waals surface area contributed by atoms with Gasteiger partial charge in [0.05, 0.1) is 11.2 Å². The molecule has 0 spiro atoms. The molecule has 0 aromatic heterocycles. The van der Waals surface area contributed by atoms with Gasteiger partial charge in [-0.1, -0.05) is 13.3 Å². The SMILES string of the molecule is CCCC1(C(=O)O)CCCN(S(=O)(=O)CC2CC2)C1. The average Bonchev–Trinajstić information content (AvgIpc) is 3.13. The fraction of sp³-hybridized carbons (Fsp3) is 0.923. The molecule has 1 unspecified atom stereocenters. The first-order valence-electron chi connectivity index (χ1n) is 7.11. The lowest BCUT2D eigenvalue weighted by Crippen LogP contribution is -2.50. The molecule has 1 saturated carbocycles. The number of carbonyl (C=O) groups is 1. The van der Waals surface area contributed by atoms with Crippen LogP contribution in [0.4, 0.5) is 0 Å². The van der Waals surface area contributed by atoms with E-state index in [-0.39, 0.29) is 12.3 Å². The Kier molecular flexibility index (Phi) is 4.20. The molecule has 1 aliphatic carbocycles. The number of rotatable bonds is 6. The third kappa shape index (κ3) is 3.28. The molecule has 19 heavy (non-hydrogen) atoms. The molecule has 2 fully saturated rings. The Labute approximate surface area is 115 Å². The lowest BCUT2D eigenvalue weighted by atomic mass is 9.77. The Morgan fingerprint density at radius 1 is 1.42 bits per heavy atom. The highest BCUT2D eigenvalue weighted by molar-refractivity contribution is 7.89. The highest BCUT2D eigenvalue weighted by Crippen LogP contribution is 2.38. The van der Waals surface area contributed by atoms with Gasteiger partial charge in [0, 0.05) is 13.1 Å². The number of hydrogen-bond acceptors (Lipinski definition) is 3. The predicted octanol–water partition coefficient (Wildman–Crippen LogP) is 1.69. The van der Waals surface area contributed by atoms with E-state index in [1.165, 1.54) is 4.31 Å². The van der Waals surface area contributed by atoms with Crippen LogP contribution in [-0.2, 0) is 14.8 Å². The Hall–Kier alpha value is -0.620. The second-order valence-electron chi connectivity index (χ2n) is 5.99. The molecule has 0 aromatic rings. The fourth-order valence-electron chi connectivity index (χ4n) is 2.98. The maximum Gasteiger partial charge on any atom is 0.310 e. The monoisotopic (exact) mass is 289 g/mol. The van der Waals surface area contributed by atoms with E-state index >= 15 is 0 Å². The fourth-order valence-corrected chi connectivity index (χ4v) is 4.97. The number of piperidine rings is 1. The largest absolute Gasteiger partial charge is 0.481 e. The molecule has 0 radical (unpaired) electrons.